The van der Waals surface area contributed by atoms with Gasteiger partial charge in [-0.25, -0.2) is 4.79 Å². The topological polar surface area (TPSA) is 43.3 Å². The molecule has 0 aliphatic carbocycles. The molecule has 1 unspecified atom stereocenters. The summed E-state index contributed by atoms with van der Waals surface area (Å²) in [6.07, 6.45) is 0.702. The van der Waals surface area contributed by atoms with Crippen molar-refractivity contribution in [2.75, 3.05) is 13.7 Å². The molecule has 20 heavy (non-hydrogen) atoms. The van der Waals surface area contributed by atoms with Gasteiger partial charge in [-0.3, -0.25) is 0 Å². The largest absolute Gasteiger partial charge is 0.465 e. The Morgan fingerprint density at radius 1 is 1.45 bits per heavy atom. The van der Waals surface area contributed by atoms with Crippen LogP contribution in [0.3, 0.4) is 0 Å². The van der Waals surface area contributed by atoms with E-state index in [4.69, 9.17) is 0 Å². The van der Waals surface area contributed by atoms with Gasteiger partial charge in [-0.1, -0.05) is 6.42 Å². The van der Waals surface area contributed by atoms with Gasteiger partial charge in [0.05, 0.1) is 18.2 Å². The highest BCUT2D eigenvalue weighted by atomic mass is 19.4. The average molecular weight is 290 g/mol. The molecule has 4 nitrogen and oxygen atoms in total. The van der Waals surface area contributed by atoms with Crippen LogP contribution in [-0.4, -0.2) is 30.2 Å². The first-order chi connectivity index (χ1) is 9.41. The van der Waals surface area contributed by atoms with Gasteiger partial charge in [0, 0.05) is 25.0 Å². The second-order valence-electron chi connectivity index (χ2n) is 4.92. The number of nitrogens with zero attached hydrogens (tertiary/aromatic N) is 1. The molecule has 1 aromatic heterocycles. The average Bonchev–Trinajstić information content (AvgIpc) is 2.83. The summed E-state index contributed by atoms with van der Waals surface area (Å²) in [5.41, 5.74) is -1.38. The lowest BCUT2D eigenvalue weighted by atomic mass is 10.1. The van der Waals surface area contributed by atoms with E-state index < -0.39 is 23.3 Å². The number of ether oxygens (including phenoxy) is 1. The predicted molar refractivity (Wildman–Crippen MR) is 66.4 cm³/mol. The third-order valence-corrected chi connectivity index (χ3v) is 3.43. The SMILES string of the molecule is COC(=O)c1cn(CC2CCCCN2)cc1C(F)(F)F. The zero-order valence-electron chi connectivity index (χ0n) is 11.2. The maximum Gasteiger partial charge on any atom is 0.418 e. The van der Waals surface area contributed by atoms with E-state index in [1.165, 1.54) is 10.8 Å². The number of halogens is 3. The molecule has 1 fully saturated rings. The molecule has 0 aromatic carbocycles. The van der Waals surface area contributed by atoms with Gasteiger partial charge in [-0.05, 0) is 19.4 Å². The molecule has 2 rings (SSSR count). The van der Waals surface area contributed by atoms with Crippen molar-refractivity contribution in [3.63, 3.8) is 0 Å². The molecule has 0 amide bonds. The van der Waals surface area contributed by atoms with Crippen molar-refractivity contribution < 1.29 is 22.7 Å². The summed E-state index contributed by atoms with van der Waals surface area (Å²) < 4.78 is 44.5. The van der Waals surface area contributed by atoms with Crippen LogP contribution in [0, 0.1) is 0 Å². The molecule has 0 bridgehead atoms. The Morgan fingerprint density at radius 2 is 2.20 bits per heavy atom. The Morgan fingerprint density at radius 3 is 2.75 bits per heavy atom. The molecule has 1 saturated heterocycles. The smallest absolute Gasteiger partial charge is 0.418 e. The molecule has 0 saturated carbocycles. The Bertz CT molecular complexity index is 476. The van der Waals surface area contributed by atoms with Crippen LogP contribution in [0.5, 0.6) is 0 Å². The van der Waals surface area contributed by atoms with E-state index in [-0.39, 0.29) is 6.04 Å². The highest BCUT2D eigenvalue weighted by Gasteiger charge is 2.37. The zero-order chi connectivity index (χ0) is 14.8. The first kappa shape index (κ1) is 14.9. The monoisotopic (exact) mass is 290 g/mol. The molecule has 0 radical (unpaired) electrons. The van der Waals surface area contributed by atoms with Crippen LogP contribution < -0.4 is 5.32 Å². The van der Waals surface area contributed by atoms with Crippen LogP contribution in [0.25, 0.3) is 0 Å². The van der Waals surface area contributed by atoms with Crippen LogP contribution in [-0.2, 0) is 17.5 Å². The second kappa shape index (κ2) is 5.87. The van der Waals surface area contributed by atoms with E-state index in [9.17, 15) is 18.0 Å². The fourth-order valence-corrected chi connectivity index (χ4v) is 2.45. The van der Waals surface area contributed by atoms with Crippen LogP contribution >= 0.6 is 0 Å². The third-order valence-electron chi connectivity index (χ3n) is 3.43. The number of nitrogens with one attached hydrogen (secondary N) is 1. The Balaban J connectivity index is 2.21. The van der Waals surface area contributed by atoms with Gasteiger partial charge in [-0.2, -0.15) is 13.2 Å². The molecule has 112 valence electrons. The van der Waals surface area contributed by atoms with Gasteiger partial charge < -0.3 is 14.6 Å². The van der Waals surface area contributed by atoms with Crippen molar-refractivity contribution in [3.05, 3.63) is 23.5 Å². The van der Waals surface area contributed by atoms with Crippen molar-refractivity contribution in [2.24, 2.45) is 0 Å². The standard InChI is InChI=1S/C13H17F3N2O2/c1-20-12(19)10-7-18(8-11(10)13(14,15)16)6-9-4-2-3-5-17-9/h7-9,17H,2-6H2,1H3. The number of methoxy groups -OCH3 is 1. The van der Waals surface area contributed by atoms with E-state index in [0.717, 1.165) is 39.1 Å². The molecule has 1 aromatic rings. The number of alkyl halides is 3. The number of hydrogen-bond donors (Lipinski definition) is 1. The van der Waals surface area contributed by atoms with E-state index in [1.54, 1.807) is 0 Å². The number of aromatic nitrogens is 1. The number of carbonyl (C=O) groups is 1. The van der Waals surface area contributed by atoms with E-state index in [0.29, 0.717) is 6.54 Å². The first-order valence-electron chi connectivity index (χ1n) is 6.50. The lowest BCUT2D eigenvalue weighted by Gasteiger charge is -2.23. The van der Waals surface area contributed by atoms with Crippen LogP contribution in [0.2, 0.25) is 0 Å². The van der Waals surface area contributed by atoms with Crippen molar-refractivity contribution >= 4 is 5.97 Å². The van der Waals surface area contributed by atoms with Gasteiger partial charge >= 0.3 is 12.1 Å². The molecule has 1 atom stereocenters. The number of piperidine rings is 1. The zero-order valence-corrected chi connectivity index (χ0v) is 11.2. The number of hydrogen-bond acceptors (Lipinski definition) is 3. The van der Waals surface area contributed by atoms with Gasteiger partial charge in [0.25, 0.3) is 0 Å². The Labute approximate surface area is 114 Å². The first-order valence-corrected chi connectivity index (χ1v) is 6.50. The summed E-state index contributed by atoms with van der Waals surface area (Å²) in [4.78, 5) is 11.4. The quantitative estimate of drug-likeness (QED) is 0.870. The molecular weight excluding hydrogens is 273 g/mol. The minimum Gasteiger partial charge on any atom is -0.465 e. The summed E-state index contributed by atoms with van der Waals surface area (Å²) >= 11 is 0. The normalized spacial score (nSPS) is 19.9. The summed E-state index contributed by atoms with van der Waals surface area (Å²) in [6.45, 7) is 1.29. The fourth-order valence-electron chi connectivity index (χ4n) is 2.45. The van der Waals surface area contributed by atoms with E-state index >= 15 is 0 Å². The summed E-state index contributed by atoms with van der Waals surface area (Å²) in [6, 6.07) is 0.141. The lowest BCUT2D eigenvalue weighted by Crippen LogP contribution is -2.37. The molecule has 7 heteroatoms. The third kappa shape index (κ3) is 3.33. The Kier molecular flexibility index (Phi) is 4.37. The highest BCUT2D eigenvalue weighted by molar-refractivity contribution is 5.91. The van der Waals surface area contributed by atoms with Gasteiger partial charge in [-0.15, -0.1) is 0 Å². The summed E-state index contributed by atoms with van der Waals surface area (Å²) in [5.74, 6) is -0.965. The number of rotatable bonds is 3. The second-order valence-corrected chi connectivity index (χ2v) is 4.92. The molecule has 1 N–H and O–H groups in total. The van der Waals surface area contributed by atoms with E-state index in [1.807, 2.05) is 0 Å². The number of esters is 1. The highest BCUT2D eigenvalue weighted by Crippen LogP contribution is 2.33. The lowest BCUT2D eigenvalue weighted by molar-refractivity contribution is -0.138. The fraction of sp³-hybridized carbons (Fsp3) is 0.615. The molecule has 2 heterocycles. The van der Waals surface area contributed by atoms with Crippen molar-refractivity contribution in [1.29, 1.82) is 0 Å². The molecule has 1 aliphatic heterocycles. The van der Waals surface area contributed by atoms with Crippen LogP contribution in [0.4, 0.5) is 13.2 Å². The maximum absolute atomic E-state index is 12.9. The van der Waals surface area contributed by atoms with Gasteiger partial charge in [0.1, 0.15) is 0 Å². The minimum absolute atomic E-state index is 0.141. The van der Waals surface area contributed by atoms with Crippen molar-refractivity contribution in [2.45, 2.75) is 38.0 Å². The van der Waals surface area contributed by atoms with E-state index in [2.05, 4.69) is 10.1 Å². The Hall–Kier alpha value is -1.50. The summed E-state index contributed by atoms with van der Waals surface area (Å²) in [5, 5.41) is 3.26. The van der Waals surface area contributed by atoms with Gasteiger partial charge in [0.15, 0.2) is 0 Å². The minimum atomic E-state index is -4.56. The maximum atomic E-state index is 12.9. The van der Waals surface area contributed by atoms with Crippen molar-refractivity contribution in [1.82, 2.24) is 9.88 Å². The van der Waals surface area contributed by atoms with Gasteiger partial charge in [0.2, 0.25) is 0 Å². The van der Waals surface area contributed by atoms with Crippen LogP contribution in [0.15, 0.2) is 12.4 Å². The molecule has 1 aliphatic rings. The molecular formula is C13H17F3N2O2. The number of carbonyl (C=O) groups excluding carboxylic acids is 1. The molecule has 0 spiro atoms. The predicted octanol–water partition coefficient (Wildman–Crippen LogP) is 2.44. The summed E-state index contributed by atoms with van der Waals surface area (Å²) in [7, 11) is 1.07. The van der Waals surface area contributed by atoms with Crippen LogP contribution in [0.1, 0.15) is 35.2 Å². The van der Waals surface area contributed by atoms with Crippen molar-refractivity contribution in [3.8, 4) is 0 Å².